The van der Waals surface area contributed by atoms with Gasteiger partial charge >= 0.3 is 0 Å². The topological polar surface area (TPSA) is 42.9 Å². The van der Waals surface area contributed by atoms with Crippen molar-refractivity contribution in [2.75, 3.05) is 42.5 Å². The van der Waals surface area contributed by atoms with Crippen molar-refractivity contribution < 1.29 is 0 Å². The van der Waals surface area contributed by atoms with Crippen LogP contribution in [0.4, 0.5) is 11.4 Å². The Morgan fingerprint density at radius 3 is 2.42 bits per heavy atom. The molecule has 2 aromatic carbocycles. The van der Waals surface area contributed by atoms with Crippen LogP contribution in [0.25, 0.3) is 0 Å². The van der Waals surface area contributed by atoms with Gasteiger partial charge in [-0.15, -0.1) is 0 Å². The van der Waals surface area contributed by atoms with E-state index in [1.807, 2.05) is 0 Å². The van der Waals surface area contributed by atoms with Crippen molar-refractivity contribution in [3.05, 3.63) is 71.8 Å². The quantitative estimate of drug-likeness (QED) is 0.396. The number of aliphatic imine (C=N–C) groups is 1. The minimum absolute atomic E-state index is 0.186. The average Bonchev–Trinajstić information content (AvgIpc) is 3.53. The maximum Gasteiger partial charge on any atom is 0.192 e. The number of hydrogen-bond donors (Lipinski definition) is 2. The van der Waals surface area contributed by atoms with Gasteiger partial charge in [0.05, 0.1) is 12.6 Å². The molecule has 0 amide bonds. The molecule has 0 bridgehead atoms. The van der Waals surface area contributed by atoms with Gasteiger partial charge in [-0.1, -0.05) is 36.4 Å². The van der Waals surface area contributed by atoms with Gasteiger partial charge in [-0.3, -0.25) is 0 Å². The number of anilines is 2. The van der Waals surface area contributed by atoms with Crippen LogP contribution < -0.4 is 20.4 Å². The first-order valence-electron chi connectivity index (χ1n) is 11.6. The van der Waals surface area contributed by atoms with E-state index in [4.69, 9.17) is 4.99 Å². The van der Waals surface area contributed by atoms with E-state index in [1.54, 1.807) is 0 Å². The van der Waals surface area contributed by atoms with Crippen LogP contribution in [0.3, 0.4) is 0 Å². The summed E-state index contributed by atoms with van der Waals surface area (Å²) in [5, 5.41) is 6.97. The normalized spacial score (nSPS) is 17.3. The molecule has 2 N–H and O–H groups in total. The van der Waals surface area contributed by atoms with E-state index < -0.39 is 0 Å². The molecule has 0 radical (unpaired) electrons. The van der Waals surface area contributed by atoms with E-state index in [-0.39, 0.29) is 6.04 Å². The van der Waals surface area contributed by atoms with Gasteiger partial charge in [-0.05, 0) is 62.1 Å². The van der Waals surface area contributed by atoms with E-state index >= 15 is 0 Å². The van der Waals surface area contributed by atoms with E-state index in [0.29, 0.717) is 6.54 Å². The number of benzene rings is 2. The fourth-order valence-electron chi connectivity index (χ4n) is 4.25. The Bertz CT molecular complexity index is 888. The van der Waals surface area contributed by atoms with Crippen LogP contribution in [-0.4, -0.2) is 38.7 Å². The molecule has 4 rings (SSSR count). The number of hydrogen-bond acceptors (Lipinski definition) is 3. The third kappa shape index (κ3) is 5.60. The van der Waals surface area contributed by atoms with Crippen molar-refractivity contribution in [1.29, 1.82) is 0 Å². The van der Waals surface area contributed by atoms with Gasteiger partial charge in [0.25, 0.3) is 0 Å². The van der Waals surface area contributed by atoms with Crippen molar-refractivity contribution in [2.45, 2.75) is 39.3 Å². The summed E-state index contributed by atoms with van der Waals surface area (Å²) in [6, 6.07) is 17.9. The zero-order valence-corrected chi connectivity index (χ0v) is 18.8. The summed E-state index contributed by atoms with van der Waals surface area (Å²) < 4.78 is 0. The minimum Gasteiger partial charge on any atom is -0.372 e. The van der Waals surface area contributed by atoms with Crippen molar-refractivity contribution in [3.63, 3.8) is 0 Å². The van der Waals surface area contributed by atoms with Crippen LogP contribution >= 0.6 is 0 Å². The Balaban J connectivity index is 1.38. The lowest BCUT2D eigenvalue weighted by Gasteiger charge is -2.22. The second-order valence-corrected chi connectivity index (χ2v) is 8.39. The molecule has 1 saturated heterocycles. The Labute approximate surface area is 186 Å². The summed E-state index contributed by atoms with van der Waals surface area (Å²) in [6.07, 6.45) is 7.03. The maximum atomic E-state index is 4.83. The lowest BCUT2D eigenvalue weighted by molar-refractivity contribution is 0.686. The largest absolute Gasteiger partial charge is 0.372 e. The van der Waals surface area contributed by atoms with Crippen molar-refractivity contribution in [1.82, 2.24) is 10.6 Å². The Hall–Kier alpha value is -2.95. The van der Waals surface area contributed by atoms with E-state index in [9.17, 15) is 0 Å². The van der Waals surface area contributed by atoms with Crippen molar-refractivity contribution >= 4 is 17.3 Å². The Morgan fingerprint density at radius 2 is 1.71 bits per heavy atom. The van der Waals surface area contributed by atoms with Gasteiger partial charge in [0.1, 0.15) is 0 Å². The Kier molecular flexibility index (Phi) is 7.13. The van der Waals surface area contributed by atoms with Gasteiger partial charge in [-0.2, -0.15) is 0 Å². The highest BCUT2D eigenvalue weighted by Crippen LogP contribution is 2.24. The van der Waals surface area contributed by atoms with Crippen LogP contribution in [-0.2, 0) is 6.54 Å². The summed E-state index contributed by atoms with van der Waals surface area (Å²) in [7, 11) is 0. The predicted octanol–water partition coefficient (Wildman–Crippen LogP) is 4.48. The zero-order chi connectivity index (χ0) is 21.5. The van der Waals surface area contributed by atoms with E-state index in [0.717, 1.165) is 25.6 Å². The molecule has 164 valence electrons. The molecule has 0 aromatic heterocycles. The first-order valence-corrected chi connectivity index (χ1v) is 11.6. The average molecular weight is 418 g/mol. The summed E-state index contributed by atoms with van der Waals surface area (Å²) in [5.74, 6) is 0.856. The zero-order valence-electron chi connectivity index (χ0n) is 18.8. The van der Waals surface area contributed by atoms with Crippen LogP contribution in [0, 0.1) is 0 Å². The fraction of sp³-hybridized carbons (Fsp3) is 0.423. The van der Waals surface area contributed by atoms with Crippen molar-refractivity contribution in [2.24, 2.45) is 4.99 Å². The molecule has 1 unspecified atom stereocenters. The first-order chi connectivity index (χ1) is 15.2. The summed E-state index contributed by atoms with van der Waals surface area (Å²) in [6.45, 7) is 10.2. The second kappa shape index (κ2) is 10.4. The number of rotatable bonds is 7. The van der Waals surface area contributed by atoms with Crippen LogP contribution in [0.5, 0.6) is 0 Å². The molecule has 0 aliphatic carbocycles. The monoisotopic (exact) mass is 417 g/mol. The van der Waals surface area contributed by atoms with Crippen molar-refractivity contribution in [3.8, 4) is 0 Å². The SMILES string of the molecule is CCNC(=NCc1ccc(N2CC=CC2)cc1)NC(C)c1cccc(N2CCCC2)c1. The van der Waals surface area contributed by atoms with Crippen LogP contribution in [0.2, 0.25) is 0 Å². The van der Waals surface area contributed by atoms with Crippen LogP contribution in [0.15, 0.2) is 65.7 Å². The summed E-state index contributed by atoms with van der Waals surface area (Å²) in [4.78, 5) is 9.68. The molecular formula is C26H35N5. The molecule has 5 nitrogen and oxygen atoms in total. The van der Waals surface area contributed by atoms with Gasteiger partial charge in [0.15, 0.2) is 5.96 Å². The molecule has 2 aromatic rings. The summed E-state index contributed by atoms with van der Waals surface area (Å²) in [5.41, 5.74) is 5.11. The first kappa shape index (κ1) is 21.3. The number of nitrogens with one attached hydrogen (secondary N) is 2. The van der Waals surface area contributed by atoms with Gasteiger partial charge in [-0.25, -0.2) is 4.99 Å². The van der Waals surface area contributed by atoms with Gasteiger partial charge < -0.3 is 20.4 Å². The number of nitrogens with zero attached hydrogens (tertiary/aromatic N) is 3. The molecule has 1 fully saturated rings. The molecule has 2 aliphatic rings. The highest BCUT2D eigenvalue weighted by atomic mass is 15.2. The molecule has 2 aliphatic heterocycles. The van der Waals surface area contributed by atoms with Crippen LogP contribution in [0.1, 0.15) is 43.9 Å². The number of guanidine groups is 1. The van der Waals surface area contributed by atoms with E-state index in [1.165, 1.54) is 48.4 Å². The molecule has 0 spiro atoms. The molecule has 0 saturated carbocycles. The molecule has 5 heteroatoms. The Morgan fingerprint density at radius 1 is 0.968 bits per heavy atom. The van der Waals surface area contributed by atoms with Gasteiger partial charge in [0, 0.05) is 44.1 Å². The molecular weight excluding hydrogens is 382 g/mol. The highest BCUT2D eigenvalue weighted by Gasteiger charge is 2.14. The molecule has 2 heterocycles. The molecule has 31 heavy (non-hydrogen) atoms. The standard InChI is InChI=1S/C26H35N5/c1-3-27-26(28-20-22-11-13-24(14-12-22)30-15-4-5-16-30)29-21(2)23-9-8-10-25(19-23)31-17-6-7-18-31/h4-5,8-14,19,21H,3,6-7,15-18,20H2,1-2H3,(H2,27,28,29). The lowest BCUT2D eigenvalue weighted by atomic mass is 10.1. The minimum atomic E-state index is 0.186. The second-order valence-electron chi connectivity index (χ2n) is 8.39. The van der Waals surface area contributed by atoms with Gasteiger partial charge in [0.2, 0.25) is 0 Å². The third-order valence-corrected chi connectivity index (χ3v) is 6.08. The smallest absolute Gasteiger partial charge is 0.192 e. The third-order valence-electron chi connectivity index (χ3n) is 6.08. The molecule has 1 atom stereocenters. The summed E-state index contributed by atoms with van der Waals surface area (Å²) >= 11 is 0. The lowest BCUT2D eigenvalue weighted by Crippen LogP contribution is -2.38. The predicted molar refractivity (Wildman–Crippen MR) is 132 cm³/mol. The highest BCUT2D eigenvalue weighted by molar-refractivity contribution is 5.80. The fourth-order valence-corrected chi connectivity index (χ4v) is 4.25. The van der Waals surface area contributed by atoms with E-state index in [2.05, 4.69) is 95.0 Å². The maximum absolute atomic E-state index is 4.83.